The minimum atomic E-state index is -1.01. The first-order chi connectivity index (χ1) is 25.9. The molecule has 0 radical (unpaired) electrons. The Balaban J connectivity index is 0.915. The van der Waals surface area contributed by atoms with Gasteiger partial charge in [0, 0.05) is 55.1 Å². The molecule has 7 rings (SSSR count). The molecule has 2 saturated heterocycles. The Morgan fingerprint density at radius 1 is 0.889 bits per heavy atom. The van der Waals surface area contributed by atoms with Crippen LogP contribution in [0, 0.1) is 34.8 Å². The van der Waals surface area contributed by atoms with Gasteiger partial charge in [-0.3, -0.25) is 0 Å². The second-order valence-corrected chi connectivity index (χ2v) is 16.1. The fourth-order valence-corrected chi connectivity index (χ4v) is 8.11. The second-order valence-electron chi connectivity index (χ2n) is 16.1. The smallest absolute Gasteiger partial charge is 0.350 e. The van der Waals surface area contributed by atoms with Crippen LogP contribution in [-0.4, -0.2) is 68.5 Å². The fourth-order valence-electron chi connectivity index (χ4n) is 8.11. The summed E-state index contributed by atoms with van der Waals surface area (Å²) in [5.74, 6) is 0.228. The van der Waals surface area contributed by atoms with Crippen molar-refractivity contribution in [2.75, 3.05) is 49.2 Å². The van der Waals surface area contributed by atoms with Gasteiger partial charge in [0.2, 0.25) is 0 Å². The van der Waals surface area contributed by atoms with E-state index < -0.39 is 17.2 Å². The van der Waals surface area contributed by atoms with Crippen molar-refractivity contribution in [1.82, 2.24) is 29.1 Å². The zero-order valence-corrected chi connectivity index (χ0v) is 31.7. The quantitative estimate of drug-likeness (QED) is 0.142. The van der Waals surface area contributed by atoms with Gasteiger partial charge in [0.15, 0.2) is 0 Å². The molecule has 3 atom stereocenters. The van der Waals surface area contributed by atoms with Crippen LogP contribution >= 0.6 is 0 Å². The number of nitrogens with zero attached hydrogens (tertiary/aromatic N) is 8. The maximum Gasteiger partial charge on any atom is 0.350 e. The number of anilines is 2. The van der Waals surface area contributed by atoms with Crippen molar-refractivity contribution in [2.24, 2.45) is 23.2 Å². The lowest BCUT2D eigenvalue weighted by Gasteiger charge is -2.37. The average Bonchev–Trinajstić information content (AvgIpc) is 3.90. The Hall–Kier alpha value is -5.04. The molecule has 0 N–H and O–H groups in total. The molecule has 2 aromatic heterocycles. The number of ether oxygens (including phenoxy) is 2. The molecule has 54 heavy (non-hydrogen) atoms. The Morgan fingerprint density at radius 3 is 2.13 bits per heavy atom. The highest BCUT2D eigenvalue weighted by atomic mass is 19.1. The maximum absolute atomic E-state index is 15.0. The highest BCUT2D eigenvalue weighted by Gasteiger charge is 2.44. The van der Waals surface area contributed by atoms with Gasteiger partial charge in [-0.25, -0.2) is 32.5 Å². The summed E-state index contributed by atoms with van der Waals surface area (Å²) in [6.45, 7) is 16.1. The number of halogens is 2. The predicted octanol–water partition coefficient (Wildman–Crippen LogP) is 6.56. The third-order valence-electron chi connectivity index (χ3n) is 11.0. The highest BCUT2D eigenvalue weighted by Crippen LogP contribution is 2.42. The molecule has 0 bridgehead atoms. The van der Waals surface area contributed by atoms with Gasteiger partial charge in [0.05, 0.1) is 32.0 Å². The molecule has 3 unspecified atom stereocenters. The molecular weight excluding hydrogens is 690 g/mol. The maximum atomic E-state index is 15.0. The lowest BCUT2D eigenvalue weighted by atomic mass is 9.74. The van der Waals surface area contributed by atoms with Crippen molar-refractivity contribution < 1.29 is 18.3 Å². The van der Waals surface area contributed by atoms with Crippen molar-refractivity contribution in [2.45, 2.75) is 59.7 Å². The van der Waals surface area contributed by atoms with E-state index in [1.807, 2.05) is 24.3 Å². The monoisotopic (exact) mass is 740 g/mol. The van der Waals surface area contributed by atoms with E-state index in [1.165, 1.54) is 18.5 Å². The molecule has 2 aliphatic heterocycles. The van der Waals surface area contributed by atoms with Gasteiger partial charge in [0.1, 0.15) is 42.0 Å². The van der Waals surface area contributed by atoms with E-state index in [0.29, 0.717) is 43.6 Å². The zero-order valence-electron chi connectivity index (χ0n) is 31.7. The second kappa shape index (κ2) is 15.4. The van der Waals surface area contributed by atoms with Crippen LogP contribution in [0.4, 0.5) is 20.2 Å². The van der Waals surface area contributed by atoms with E-state index in [4.69, 9.17) is 9.47 Å². The molecule has 286 valence electrons. The Kier molecular flexibility index (Phi) is 10.6. The summed E-state index contributed by atoms with van der Waals surface area (Å²) in [6.07, 6.45) is 5.10. The van der Waals surface area contributed by atoms with Crippen LogP contribution in [0.1, 0.15) is 46.6 Å². The third-order valence-corrected chi connectivity index (χ3v) is 11.0. The molecule has 0 aliphatic carbocycles. The Bertz CT molecular complexity index is 2050. The third kappa shape index (κ3) is 8.06. The number of aromatic nitrogens is 6. The molecule has 2 fully saturated rings. The molecule has 11 nitrogen and oxygen atoms in total. The fraction of sp³-hybridized carbons (Fsp3) is 0.463. The summed E-state index contributed by atoms with van der Waals surface area (Å²) in [5, 5.41) is 8.65. The summed E-state index contributed by atoms with van der Waals surface area (Å²) in [5.41, 5.74) is 2.30. The van der Waals surface area contributed by atoms with Crippen molar-refractivity contribution in [3.63, 3.8) is 0 Å². The summed E-state index contributed by atoms with van der Waals surface area (Å²) in [4.78, 5) is 22.0. The van der Waals surface area contributed by atoms with Gasteiger partial charge >= 0.3 is 5.69 Å². The Morgan fingerprint density at radius 2 is 1.54 bits per heavy atom. The van der Waals surface area contributed by atoms with Crippen LogP contribution < -0.4 is 20.2 Å². The molecule has 0 saturated carbocycles. The van der Waals surface area contributed by atoms with E-state index in [-0.39, 0.29) is 23.6 Å². The van der Waals surface area contributed by atoms with Crippen molar-refractivity contribution in [1.29, 1.82) is 0 Å². The van der Waals surface area contributed by atoms with E-state index in [1.54, 1.807) is 26.6 Å². The number of benzene rings is 3. The van der Waals surface area contributed by atoms with Gasteiger partial charge in [-0.1, -0.05) is 40.7 Å². The first kappa shape index (κ1) is 37.3. The standard InChI is InChI=1S/C41H50F2N8O3/c1-29(2)37(40(3,4)5)22-51-39(52)50(28-46-51)34-9-7-32(8-10-34)47-16-18-48(19-17-47)33-11-13-35(14-12-33)53-23-30-21-41(54-24-30,25-49-27-44-26-45-49)36-15-6-31(42)20-38(36)43/h6-15,20,26-30,37H,16-19,21-25H2,1-5H3. The minimum Gasteiger partial charge on any atom is -0.493 e. The number of piperazine rings is 1. The first-order valence-corrected chi connectivity index (χ1v) is 18.8. The van der Waals surface area contributed by atoms with E-state index >= 15 is 0 Å². The number of hydrogen-bond donors (Lipinski definition) is 0. The summed E-state index contributed by atoms with van der Waals surface area (Å²) < 4.78 is 46.0. The van der Waals surface area contributed by atoms with Gasteiger partial charge in [0.25, 0.3) is 0 Å². The lowest BCUT2D eigenvalue weighted by molar-refractivity contribution is -0.0206. The average molecular weight is 741 g/mol. The van der Waals surface area contributed by atoms with Gasteiger partial charge in [-0.2, -0.15) is 10.2 Å². The largest absolute Gasteiger partial charge is 0.493 e. The summed E-state index contributed by atoms with van der Waals surface area (Å²) >= 11 is 0. The Labute approximate surface area is 315 Å². The normalized spacial score (nSPS) is 19.8. The van der Waals surface area contributed by atoms with Crippen LogP contribution in [0.2, 0.25) is 0 Å². The van der Waals surface area contributed by atoms with Gasteiger partial charge in [-0.15, -0.1) is 0 Å². The lowest BCUT2D eigenvalue weighted by Crippen LogP contribution is -2.46. The SMILES string of the molecule is CC(C)C(Cn1ncn(-c2ccc(N3CCN(c4ccc(OCC5COC(Cn6cncn6)(c6ccc(F)cc6F)C5)cc4)CC3)cc2)c1=O)C(C)(C)C. The van der Waals surface area contributed by atoms with Gasteiger partial charge in [-0.05, 0) is 78.3 Å². The molecular formula is C41H50F2N8O3. The minimum absolute atomic E-state index is 0.00522. The predicted molar refractivity (Wildman–Crippen MR) is 204 cm³/mol. The number of rotatable bonds is 12. The molecule has 4 heterocycles. The van der Waals surface area contributed by atoms with Crippen LogP contribution in [0.5, 0.6) is 5.75 Å². The van der Waals surface area contributed by atoms with Crippen LogP contribution in [-0.2, 0) is 23.4 Å². The van der Waals surface area contributed by atoms with Gasteiger partial charge < -0.3 is 19.3 Å². The van der Waals surface area contributed by atoms with E-state index in [0.717, 1.165) is 55.1 Å². The van der Waals surface area contributed by atoms with E-state index in [2.05, 4.69) is 83.9 Å². The topological polar surface area (TPSA) is 95.5 Å². The van der Waals surface area contributed by atoms with Crippen LogP contribution in [0.15, 0.2) is 90.5 Å². The molecule has 3 aromatic carbocycles. The van der Waals surface area contributed by atoms with Crippen molar-refractivity contribution in [3.8, 4) is 11.4 Å². The molecule has 5 aromatic rings. The van der Waals surface area contributed by atoms with E-state index in [9.17, 15) is 13.6 Å². The summed E-state index contributed by atoms with van der Waals surface area (Å²) in [7, 11) is 0. The molecule has 2 aliphatic rings. The molecule has 0 spiro atoms. The molecule has 13 heteroatoms. The summed E-state index contributed by atoms with van der Waals surface area (Å²) in [6, 6.07) is 19.9. The number of hydrogen-bond acceptors (Lipinski definition) is 8. The highest BCUT2D eigenvalue weighted by molar-refractivity contribution is 5.54. The van der Waals surface area contributed by atoms with Crippen LogP contribution in [0.3, 0.4) is 0 Å². The van der Waals surface area contributed by atoms with Crippen molar-refractivity contribution in [3.05, 3.63) is 113 Å². The van der Waals surface area contributed by atoms with Crippen LogP contribution in [0.25, 0.3) is 5.69 Å². The zero-order chi connectivity index (χ0) is 38.0. The first-order valence-electron chi connectivity index (χ1n) is 18.8. The van der Waals surface area contributed by atoms with Crippen molar-refractivity contribution >= 4 is 11.4 Å². The molecule has 0 amide bonds.